The summed E-state index contributed by atoms with van der Waals surface area (Å²) < 4.78 is 0. The molecule has 2 N–H and O–H groups in total. The molecule has 3 rings (SSSR count). The summed E-state index contributed by atoms with van der Waals surface area (Å²) in [7, 11) is 0. The number of benzene rings is 1. The molecule has 1 atom stereocenters. The van der Waals surface area contributed by atoms with E-state index in [4.69, 9.17) is 10.7 Å². The van der Waals surface area contributed by atoms with Crippen molar-refractivity contribution >= 4 is 16.6 Å². The topological polar surface area (TPSA) is 42.2 Å². The summed E-state index contributed by atoms with van der Waals surface area (Å²) in [5.74, 6) is 1.15. The molecule has 0 bridgehead atoms. The van der Waals surface area contributed by atoms with Crippen LogP contribution in [0.4, 0.5) is 5.82 Å². The van der Waals surface area contributed by atoms with E-state index >= 15 is 0 Å². The first-order valence-corrected chi connectivity index (χ1v) is 8.19. The maximum absolute atomic E-state index is 5.85. The van der Waals surface area contributed by atoms with E-state index in [1.807, 2.05) is 0 Å². The highest BCUT2D eigenvalue weighted by Gasteiger charge is 2.24. The monoisotopic (exact) mass is 283 g/mol. The Hall–Kier alpha value is -1.61. The van der Waals surface area contributed by atoms with Gasteiger partial charge in [-0.15, -0.1) is 0 Å². The van der Waals surface area contributed by atoms with Gasteiger partial charge in [-0.05, 0) is 37.1 Å². The number of piperidine rings is 1. The van der Waals surface area contributed by atoms with Gasteiger partial charge in [-0.1, -0.05) is 37.6 Å². The van der Waals surface area contributed by atoms with Gasteiger partial charge < -0.3 is 10.6 Å². The fraction of sp³-hybridized carbons (Fsp3) is 0.500. The van der Waals surface area contributed by atoms with Gasteiger partial charge in [0.1, 0.15) is 5.82 Å². The molecule has 112 valence electrons. The molecule has 1 aromatic heterocycles. The Balaban J connectivity index is 2.08. The van der Waals surface area contributed by atoms with Crippen molar-refractivity contribution in [2.45, 2.75) is 51.6 Å². The molecule has 0 radical (unpaired) electrons. The molecule has 1 aliphatic heterocycles. The third-order valence-corrected chi connectivity index (χ3v) is 4.50. The maximum atomic E-state index is 5.85. The van der Waals surface area contributed by atoms with Crippen molar-refractivity contribution in [3.8, 4) is 0 Å². The SMILES string of the molecule is CCCC1CCCCN1c1nc(CN)cc2ccccc12. The molecule has 2 heterocycles. The zero-order chi connectivity index (χ0) is 14.7. The molecule has 1 aliphatic rings. The average Bonchev–Trinajstić information content (AvgIpc) is 2.54. The molecule has 1 aromatic carbocycles. The molecule has 3 heteroatoms. The second-order valence-electron chi connectivity index (χ2n) is 5.99. The minimum atomic E-state index is 0.504. The van der Waals surface area contributed by atoms with E-state index in [2.05, 4.69) is 42.2 Å². The van der Waals surface area contributed by atoms with Crippen LogP contribution in [0.25, 0.3) is 10.8 Å². The van der Waals surface area contributed by atoms with E-state index in [1.165, 1.54) is 42.9 Å². The molecular weight excluding hydrogens is 258 g/mol. The zero-order valence-electron chi connectivity index (χ0n) is 12.9. The highest BCUT2D eigenvalue weighted by molar-refractivity contribution is 5.92. The minimum Gasteiger partial charge on any atom is -0.353 e. The van der Waals surface area contributed by atoms with Crippen molar-refractivity contribution in [3.05, 3.63) is 36.0 Å². The van der Waals surface area contributed by atoms with Gasteiger partial charge in [0.25, 0.3) is 0 Å². The van der Waals surface area contributed by atoms with E-state index in [1.54, 1.807) is 0 Å². The van der Waals surface area contributed by atoms with Crippen molar-refractivity contribution in [2.24, 2.45) is 5.73 Å². The molecule has 1 unspecified atom stereocenters. The second-order valence-corrected chi connectivity index (χ2v) is 5.99. The zero-order valence-corrected chi connectivity index (χ0v) is 12.9. The molecule has 1 fully saturated rings. The largest absolute Gasteiger partial charge is 0.353 e. The molecule has 0 spiro atoms. The molecular formula is C18H25N3. The van der Waals surface area contributed by atoms with Crippen molar-refractivity contribution < 1.29 is 0 Å². The smallest absolute Gasteiger partial charge is 0.137 e. The quantitative estimate of drug-likeness (QED) is 0.926. The Morgan fingerprint density at radius 3 is 2.95 bits per heavy atom. The van der Waals surface area contributed by atoms with Gasteiger partial charge >= 0.3 is 0 Å². The van der Waals surface area contributed by atoms with E-state index in [0.29, 0.717) is 12.6 Å². The number of rotatable bonds is 4. The summed E-state index contributed by atoms with van der Waals surface area (Å²) in [4.78, 5) is 7.41. The summed E-state index contributed by atoms with van der Waals surface area (Å²) in [6, 6.07) is 11.3. The lowest BCUT2D eigenvalue weighted by Crippen LogP contribution is -2.40. The van der Waals surface area contributed by atoms with E-state index in [-0.39, 0.29) is 0 Å². The van der Waals surface area contributed by atoms with Crippen molar-refractivity contribution in [1.29, 1.82) is 0 Å². The molecule has 21 heavy (non-hydrogen) atoms. The summed E-state index contributed by atoms with van der Waals surface area (Å²) in [5.41, 5.74) is 6.84. The third-order valence-electron chi connectivity index (χ3n) is 4.50. The number of aromatic nitrogens is 1. The first-order chi connectivity index (χ1) is 10.3. The number of nitrogens with two attached hydrogens (primary N) is 1. The lowest BCUT2D eigenvalue weighted by molar-refractivity contribution is 0.432. The fourth-order valence-corrected chi connectivity index (χ4v) is 3.47. The molecule has 2 aromatic rings. The molecule has 3 nitrogen and oxygen atoms in total. The van der Waals surface area contributed by atoms with Crippen LogP contribution in [0.3, 0.4) is 0 Å². The Morgan fingerprint density at radius 1 is 1.29 bits per heavy atom. The second kappa shape index (κ2) is 6.44. The molecule has 0 aliphatic carbocycles. The van der Waals surface area contributed by atoms with Crippen LogP contribution in [0.1, 0.15) is 44.7 Å². The maximum Gasteiger partial charge on any atom is 0.137 e. The fourth-order valence-electron chi connectivity index (χ4n) is 3.47. The lowest BCUT2D eigenvalue weighted by Gasteiger charge is -2.37. The molecule has 0 saturated carbocycles. The van der Waals surface area contributed by atoms with Crippen LogP contribution >= 0.6 is 0 Å². The Morgan fingerprint density at radius 2 is 2.14 bits per heavy atom. The van der Waals surface area contributed by atoms with Gasteiger partial charge in [0.2, 0.25) is 0 Å². The van der Waals surface area contributed by atoms with Crippen LogP contribution < -0.4 is 10.6 Å². The number of hydrogen-bond donors (Lipinski definition) is 1. The number of fused-ring (bicyclic) bond motifs is 1. The normalized spacial score (nSPS) is 19.1. The third kappa shape index (κ3) is 2.88. The van der Waals surface area contributed by atoms with Crippen LogP contribution in [-0.2, 0) is 6.54 Å². The summed E-state index contributed by atoms with van der Waals surface area (Å²) in [6.07, 6.45) is 6.38. The summed E-state index contributed by atoms with van der Waals surface area (Å²) in [5, 5.41) is 2.52. The van der Waals surface area contributed by atoms with Crippen molar-refractivity contribution in [3.63, 3.8) is 0 Å². The van der Waals surface area contributed by atoms with Crippen LogP contribution in [0, 0.1) is 0 Å². The molecule has 0 amide bonds. The van der Waals surface area contributed by atoms with Crippen molar-refractivity contribution in [1.82, 2.24) is 4.98 Å². The van der Waals surface area contributed by atoms with Crippen LogP contribution in [0.5, 0.6) is 0 Å². The van der Waals surface area contributed by atoms with Gasteiger partial charge in [-0.25, -0.2) is 4.98 Å². The predicted molar refractivity (Wildman–Crippen MR) is 89.5 cm³/mol. The minimum absolute atomic E-state index is 0.504. The Bertz CT molecular complexity index is 606. The van der Waals surface area contributed by atoms with Crippen LogP contribution in [0.15, 0.2) is 30.3 Å². The summed E-state index contributed by atoms with van der Waals surface area (Å²) in [6.45, 7) is 3.90. The standard InChI is InChI=1S/C18H25N3/c1-2-7-16-9-5-6-11-21(16)18-17-10-4-3-8-14(17)12-15(13-19)20-18/h3-4,8,10,12,16H,2,5-7,9,11,13,19H2,1H3. The molecule has 1 saturated heterocycles. The first kappa shape index (κ1) is 14.3. The van der Waals surface area contributed by atoms with Gasteiger partial charge in [-0.3, -0.25) is 0 Å². The number of pyridine rings is 1. The predicted octanol–water partition coefficient (Wildman–Crippen LogP) is 3.85. The van der Waals surface area contributed by atoms with Gasteiger partial charge in [0.05, 0.1) is 5.69 Å². The number of nitrogens with zero attached hydrogens (tertiary/aromatic N) is 2. The highest BCUT2D eigenvalue weighted by atomic mass is 15.2. The van der Waals surface area contributed by atoms with E-state index in [9.17, 15) is 0 Å². The van der Waals surface area contributed by atoms with Gasteiger partial charge in [0, 0.05) is 24.5 Å². The Labute approximate surface area is 127 Å². The van der Waals surface area contributed by atoms with Crippen LogP contribution in [0.2, 0.25) is 0 Å². The highest BCUT2D eigenvalue weighted by Crippen LogP contribution is 2.32. The number of anilines is 1. The van der Waals surface area contributed by atoms with Crippen molar-refractivity contribution in [2.75, 3.05) is 11.4 Å². The van der Waals surface area contributed by atoms with Crippen LogP contribution in [-0.4, -0.2) is 17.6 Å². The van der Waals surface area contributed by atoms with E-state index in [0.717, 1.165) is 18.1 Å². The lowest BCUT2D eigenvalue weighted by atomic mass is 9.97. The average molecular weight is 283 g/mol. The summed E-state index contributed by atoms with van der Waals surface area (Å²) >= 11 is 0. The van der Waals surface area contributed by atoms with E-state index < -0.39 is 0 Å². The number of hydrogen-bond acceptors (Lipinski definition) is 3. The van der Waals surface area contributed by atoms with Gasteiger partial charge in [-0.2, -0.15) is 0 Å². The Kier molecular flexibility index (Phi) is 4.39. The first-order valence-electron chi connectivity index (χ1n) is 8.19. The van der Waals surface area contributed by atoms with Gasteiger partial charge in [0.15, 0.2) is 0 Å².